The van der Waals surface area contributed by atoms with Gasteiger partial charge in [0.1, 0.15) is 0 Å². The highest BCUT2D eigenvalue weighted by Crippen LogP contribution is 2.33. The number of nitrogens with zero attached hydrogens (tertiary/aromatic N) is 2. The van der Waals surface area contributed by atoms with Crippen molar-refractivity contribution in [3.05, 3.63) is 39.2 Å². The monoisotopic (exact) mass is 315 g/mol. The molecule has 0 aliphatic rings. The fraction of sp³-hybridized carbons (Fsp3) is 0.250. The van der Waals surface area contributed by atoms with Crippen LogP contribution in [0.15, 0.2) is 33.7 Å². The first-order valence-electron chi connectivity index (χ1n) is 7.01. The second-order valence-corrected chi connectivity index (χ2v) is 6.45. The number of nitrogen functional groups attached to an aromatic ring is 1. The Kier molecular flexibility index (Phi) is 4.31. The Morgan fingerprint density at radius 3 is 2.00 bits per heavy atom. The van der Waals surface area contributed by atoms with Crippen molar-refractivity contribution in [3.8, 4) is 22.5 Å². The summed E-state index contributed by atoms with van der Waals surface area (Å²) in [7, 11) is 0. The van der Waals surface area contributed by atoms with E-state index in [4.69, 9.17) is 5.73 Å². The maximum absolute atomic E-state index is 5.95. The van der Waals surface area contributed by atoms with Crippen LogP contribution in [0.25, 0.3) is 22.5 Å². The van der Waals surface area contributed by atoms with Crippen LogP contribution in [0, 0.1) is 0 Å². The number of anilines is 1. The lowest BCUT2D eigenvalue weighted by Crippen LogP contribution is -2.04. The Morgan fingerprint density at radius 2 is 1.57 bits per heavy atom. The Bertz CT molecular complexity index is 648. The van der Waals surface area contributed by atoms with Gasteiger partial charge in [-0.25, -0.2) is 9.97 Å². The highest BCUT2D eigenvalue weighted by atomic mass is 32.1. The summed E-state index contributed by atoms with van der Waals surface area (Å²) in [5.74, 6) is 0.345. The topological polar surface area (TPSA) is 51.8 Å². The van der Waals surface area contributed by atoms with Gasteiger partial charge < -0.3 is 5.73 Å². The highest BCUT2D eigenvalue weighted by molar-refractivity contribution is 7.08. The zero-order valence-electron chi connectivity index (χ0n) is 11.9. The van der Waals surface area contributed by atoms with E-state index in [0.29, 0.717) is 5.95 Å². The summed E-state index contributed by atoms with van der Waals surface area (Å²) < 4.78 is 0. The zero-order valence-corrected chi connectivity index (χ0v) is 13.5. The van der Waals surface area contributed by atoms with E-state index in [-0.39, 0.29) is 0 Å². The van der Waals surface area contributed by atoms with Crippen molar-refractivity contribution >= 4 is 28.6 Å². The van der Waals surface area contributed by atoms with Gasteiger partial charge in [-0.3, -0.25) is 0 Å². The molecule has 108 valence electrons. The van der Waals surface area contributed by atoms with E-state index in [1.807, 2.05) is 0 Å². The lowest BCUT2D eigenvalue weighted by molar-refractivity contribution is 0.791. The second kappa shape index (κ2) is 6.37. The molecule has 0 amide bonds. The molecule has 0 fully saturated rings. The number of nitrogens with two attached hydrogens (primary N) is 1. The highest BCUT2D eigenvalue weighted by Gasteiger charge is 2.16. The van der Waals surface area contributed by atoms with Crippen molar-refractivity contribution in [1.29, 1.82) is 0 Å². The predicted octanol–water partition coefficient (Wildman–Crippen LogP) is 4.86. The molecular formula is C16H17N3S2. The number of hydrogen-bond donors (Lipinski definition) is 1. The molecule has 0 saturated carbocycles. The van der Waals surface area contributed by atoms with Crippen molar-refractivity contribution in [2.75, 3.05) is 5.73 Å². The first-order chi connectivity index (χ1) is 10.3. The number of thiophene rings is 2. The molecule has 5 heteroatoms. The average molecular weight is 315 g/mol. The quantitative estimate of drug-likeness (QED) is 0.731. The van der Waals surface area contributed by atoms with E-state index in [1.54, 1.807) is 22.7 Å². The van der Waals surface area contributed by atoms with Crippen molar-refractivity contribution in [3.63, 3.8) is 0 Å². The number of hydrogen-bond acceptors (Lipinski definition) is 5. The van der Waals surface area contributed by atoms with Gasteiger partial charge in [0.2, 0.25) is 5.95 Å². The van der Waals surface area contributed by atoms with Gasteiger partial charge in [0.15, 0.2) is 0 Å². The molecule has 21 heavy (non-hydrogen) atoms. The molecular weight excluding hydrogens is 298 g/mol. The summed E-state index contributed by atoms with van der Waals surface area (Å²) in [5.41, 5.74) is 11.4. The molecule has 0 bridgehead atoms. The molecule has 0 aromatic carbocycles. The fourth-order valence-electron chi connectivity index (χ4n) is 2.37. The van der Waals surface area contributed by atoms with Crippen molar-refractivity contribution in [2.24, 2.45) is 0 Å². The van der Waals surface area contributed by atoms with E-state index in [9.17, 15) is 0 Å². The summed E-state index contributed by atoms with van der Waals surface area (Å²) in [5, 5.41) is 8.38. The summed E-state index contributed by atoms with van der Waals surface area (Å²) in [6, 6.07) is 4.19. The van der Waals surface area contributed by atoms with Crippen LogP contribution < -0.4 is 5.73 Å². The summed E-state index contributed by atoms with van der Waals surface area (Å²) in [4.78, 5) is 9.03. The first kappa shape index (κ1) is 14.2. The average Bonchev–Trinajstić information content (AvgIpc) is 3.18. The summed E-state index contributed by atoms with van der Waals surface area (Å²) in [6.07, 6.45) is 3.26. The molecule has 3 nitrogen and oxygen atoms in total. The molecule has 0 aliphatic carbocycles. The molecule has 3 aromatic rings. The Balaban J connectivity index is 2.18. The van der Waals surface area contributed by atoms with Gasteiger partial charge in [0.25, 0.3) is 0 Å². The van der Waals surface area contributed by atoms with Gasteiger partial charge >= 0.3 is 0 Å². The zero-order chi connectivity index (χ0) is 14.7. The smallest absolute Gasteiger partial charge is 0.221 e. The molecule has 0 atom stereocenters. The van der Waals surface area contributed by atoms with Crippen LogP contribution in [-0.4, -0.2) is 9.97 Å². The molecule has 2 N–H and O–H groups in total. The van der Waals surface area contributed by atoms with Gasteiger partial charge in [-0.2, -0.15) is 22.7 Å². The van der Waals surface area contributed by atoms with E-state index < -0.39 is 0 Å². The molecule has 3 rings (SSSR count). The van der Waals surface area contributed by atoms with Crippen LogP contribution in [0.2, 0.25) is 0 Å². The van der Waals surface area contributed by atoms with Gasteiger partial charge in [-0.05, 0) is 35.7 Å². The number of rotatable bonds is 5. The Morgan fingerprint density at radius 1 is 1.00 bits per heavy atom. The second-order valence-electron chi connectivity index (χ2n) is 4.89. The van der Waals surface area contributed by atoms with E-state index in [0.717, 1.165) is 41.8 Å². The lowest BCUT2D eigenvalue weighted by Gasteiger charge is -2.13. The predicted molar refractivity (Wildman–Crippen MR) is 91.7 cm³/mol. The molecule has 0 saturated heterocycles. The largest absolute Gasteiger partial charge is 0.368 e. The minimum Gasteiger partial charge on any atom is -0.368 e. The van der Waals surface area contributed by atoms with Gasteiger partial charge in [0, 0.05) is 27.5 Å². The minimum absolute atomic E-state index is 0.345. The number of aromatic nitrogens is 2. The molecule has 0 unspecified atom stereocenters. The number of unbranched alkanes of at least 4 members (excludes halogenated alkanes) is 1. The normalized spacial score (nSPS) is 10.9. The molecule has 3 aromatic heterocycles. The van der Waals surface area contributed by atoms with Crippen molar-refractivity contribution < 1.29 is 0 Å². The van der Waals surface area contributed by atoms with Crippen LogP contribution in [0.1, 0.15) is 25.3 Å². The SMILES string of the molecule is CCCCc1c(-c2ccsc2)nc(N)nc1-c1ccsc1. The van der Waals surface area contributed by atoms with Crippen molar-refractivity contribution in [2.45, 2.75) is 26.2 Å². The third-order valence-electron chi connectivity index (χ3n) is 3.39. The molecule has 0 spiro atoms. The van der Waals surface area contributed by atoms with E-state index >= 15 is 0 Å². The van der Waals surface area contributed by atoms with E-state index in [1.165, 1.54) is 5.56 Å². The summed E-state index contributed by atoms with van der Waals surface area (Å²) >= 11 is 3.35. The molecule has 0 aliphatic heterocycles. The summed E-state index contributed by atoms with van der Waals surface area (Å²) in [6.45, 7) is 2.20. The lowest BCUT2D eigenvalue weighted by atomic mass is 9.98. The van der Waals surface area contributed by atoms with Crippen LogP contribution in [-0.2, 0) is 6.42 Å². The standard InChI is InChI=1S/C16H17N3S2/c1-2-3-4-13-14(11-5-7-20-9-11)18-16(17)19-15(13)12-6-8-21-10-12/h5-10H,2-4H2,1H3,(H2,17,18,19). The molecule has 3 heterocycles. The van der Waals surface area contributed by atoms with Crippen LogP contribution >= 0.6 is 22.7 Å². The van der Waals surface area contributed by atoms with Gasteiger partial charge in [-0.1, -0.05) is 13.3 Å². The third kappa shape index (κ3) is 2.99. The fourth-order valence-corrected chi connectivity index (χ4v) is 3.65. The van der Waals surface area contributed by atoms with Crippen molar-refractivity contribution in [1.82, 2.24) is 9.97 Å². The Hall–Kier alpha value is -1.72. The van der Waals surface area contributed by atoms with Gasteiger partial charge in [0.05, 0.1) is 11.4 Å². The Labute approximate surface area is 132 Å². The first-order valence-corrected chi connectivity index (χ1v) is 8.89. The maximum Gasteiger partial charge on any atom is 0.221 e. The van der Waals surface area contributed by atoms with Crippen LogP contribution in [0.5, 0.6) is 0 Å². The van der Waals surface area contributed by atoms with Crippen LogP contribution in [0.3, 0.4) is 0 Å². The van der Waals surface area contributed by atoms with E-state index in [2.05, 4.69) is 50.5 Å². The minimum atomic E-state index is 0.345. The molecule has 0 radical (unpaired) electrons. The maximum atomic E-state index is 5.95. The van der Waals surface area contributed by atoms with Crippen LogP contribution in [0.4, 0.5) is 5.95 Å². The van der Waals surface area contributed by atoms with Gasteiger partial charge in [-0.15, -0.1) is 0 Å². The third-order valence-corrected chi connectivity index (χ3v) is 4.76.